The highest BCUT2D eigenvalue weighted by Crippen LogP contribution is 2.38. The number of fused-ring (bicyclic) bond motifs is 1. The van der Waals surface area contributed by atoms with E-state index in [1.54, 1.807) is 18.2 Å². The lowest BCUT2D eigenvalue weighted by Gasteiger charge is -2.13. The van der Waals surface area contributed by atoms with E-state index >= 15 is 0 Å². The van der Waals surface area contributed by atoms with E-state index in [1.807, 2.05) is 6.92 Å². The van der Waals surface area contributed by atoms with Gasteiger partial charge in [0.15, 0.2) is 0 Å². The number of carbonyl (C=O) groups excluding carboxylic acids is 1. The van der Waals surface area contributed by atoms with Crippen LogP contribution in [-0.4, -0.2) is 10.9 Å². The van der Waals surface area contributed by atoms with Gasteiger partial charge in [0.1, 0.15) is 17.1 Å². The Balaban J connectivity index is 0.000000596. The fraction of sp³-hybridized carbons (Fsp3) is 0.200. The van der Waals surface area contributed by atoms with E-state index in [-0.39, 0.29) is 16.9 Å². The molecule has 0 aliphatic heterocycles. The molecule has 0 aliphatic carbocycles. The maximum atomic E-state index is 13.2. The van der Waals surface area contributed by atoms with Crippen molar-refractivity contribution in [2.45, 2.75) is 26.9 Å². The third kappa shape index (κ3) is 4.97. The van der Waals surface area contributed by atoms with E-state index in [0.717, 1.165) is 17.7 Å². The molecule has 142 valence electrons. The number of halogens is 3. The lowest BCUT2D eigenvalue weighted by atomic mass is 9.99. The average molecular weight is 378 g/mol. The second-order valence-electron chi connectivity index (χ2n) is 6.12. The fourth-order valence-electron chi connectivity index (χ4n) is 2.41. The van der Waals surface area contributed by atoms with Crippen molar-refractivity contribution in [3.05, 3.63) is 64.0 Å². The summed E-state index contributed by atoms with van der Waals surface area (Å²) < 4.78 is 44.6. The van der Waals surface area contributed by atoms with E-state index in [2.05, 4.69) is 0 Å². The number of carbonyl (C=O) groups is 1. The summed E-state index contributed by atoms with van der Waals surface area (Å²) in [5.41, 5.74) is -1.30. The first-order chi connectivity index (χ1) is 12.5. The van der Waals surface area contributed by atoms with E-state index in [4.69, 9.17) is 4.42 Å². The van der Waals surface area contributed by atoms with Crippen molar-refractivity contribution >= 4 is 16.8 Å². The molecule has 0 fully saturated rings. The maximum absolute atomic E-state index is 13.2. The molecule has 1 N–H and O–H groups in total. The summed E-state index contributed by atoms with van der Waals surface area (Å²) in [5.74, 6) is -0.359. The lowest BCUT2D eigenvalue weighted by molar-refractivity contribution is -0.137. The number of aromatic hydroxyl groups is 1. The van der Waals surface area contributed by atoms with Crippen LogP contribution < -0.4 is 5.63 Å². The SMILES string of the molecule is CC(C)=O.Cc1ccc2cc(-c3ccc(O)cc3C(F)(F)F)c(=O)oc2c1. The number of phenolic OH excluding ortho intramolecular Hbond substituents is 1. The number of Topliss-reactive ketones (excluding diaryl/α,β-unsaturated/α-hetero) is 1. The second-order valence-corrected chi connectivity index (χ2v) is 6.12. The Kier molecular flexibility index (Phi) is 5.73. The predicted molar refractivity (Wildman–Crippen MR) is 95.7 cm³/mol. The van der Waals surface area contributed by atoms with Gasteiger partial charge in [0, 0.05) is 10.9 Å². The highest BCUT2D eigenvalue weighted by atomic mass is 19.4. The zero-order valence-corrected chi connectivity index (χ0v) is 14.8. The van der Waals surface area contributed by atoms with Gasteiger partial charge in [0.25, 0.3) is 0 Å². The van der Waals surface area contributed by atoms with E-state index < -0.39 is 23.1 Å². The summed E-state index contributed by atoms with van der Waals surface area (Å²) in [7, 11) is 0. The monoisotopic (exact) mass is 378 g/mol. The third-order valence-electron chi connectivity index (χ3n) is 3.49. The molecule has 3 rings (SSSR count). The summed E-state index contributed by atoms with van der Waals surface area (Å²) in [6.07, 6.45) is -4.71. The van der Waals surface area contributed by atoms with Crippen LogP contribution >= 0.6 is 0 Å². The Morgan fingerprint density at radius 2 is 1.63 bits per heavy atom. The van der Waals surface area contributed by atoms with Crippen molar-refractivity contribution in [2.24, 2.45) is 0 Å². The Morgan fingerprint density at radius 3 is 2.22 bits per heavy atom. The number of hydrogen-bond donors (Lipinski definition) is 1. The van der Waals surface area contributed by atoms with Crippen LogP contribution in [0.15, 0.2) is 51.7 Å². The first kappa shape index (κ1) is 20.2. The molecule has 0 atom stereocenters. The number of phenols is 1. The molecular formula is C20H17F3O4. The lowest BCUT2D eigenvalue weighted by Crippen LogP contribution is -2.11. The smallest absolute Gasteiger partial charge is 0.417 e. The summed E-state index contributed by atoms with van der Waals surface area (Å²) in [5, 5.41) is 9.84. The van der Waals surface area contributed by atoms with Gasteiger partial charge in [0.05, 0.1) is 11.1 Å². The third-order valence-corrected chi connectivity index (χ3v) is 3.49. The average Bonchev–Trinajstić information content (AvgIpc) is 2.53. The topological polar surface area (TPSA) is 67.5 Å². The van der Waals surface area contributed by atoms with Crippen LogP contribution in [0.2, 0.25) is 0 Å². The molecule has 27 heavy (non-hydrogen) atoms. The van der Waals surface area contributed by atoms with Gasteiger partial charge in [-0.25, -0.2) is 4.79 Å². The zero-order chi connectivity index (χ0) is 20.4. The quantitative estimate of drug-likeness (QED) is 0.599. The van der Waals surface area contributed by atoms with Crippen LogP contribution in [-0.2, 0) is 11.0 Å². The Morgan fingerprint density at radius 1 is 1.00 bits per heavy atom. The molecule has 4 nitrogen and oxygen atoms in total. The van der Waals surface area contributed by atoms with Crippen molar-refractivity contribution in [1.82, 2.24) is 0 Å². The second kappa shape index (κ2) is 7.65. The Bertz CT molecular complexity index is 1050. The van der Waals surface area contributed by atoms with Gasteiger partial charge in [-0.1, -0.05) is 12.1 Å². The molecule has 2 aromatic carbocycles. The molecule has 7 heteroatoms. The maximum Gasteiger partial charge on any atom is 0.417 e. The first-order valence-corrected chi connectivity index (χ1v) is 7.91. The molecule has 0 unspecified atom stereocenters. The normalized spacial score (nSPS) is 11.0. The van der Waals surface area contributed by atoms with Gasteiger partial charge in [-0.15, -0.1) is 0 Å². The minimum Gasteiger partial charge on any atom is -0.508 e. The summed E-state index contributed by atoms with van der Waals surface area (Å²) in [4.78, 5) is 21.6. The summed E-state index contributed by atoms with van der Waals surface area (Å²) in [6.45, 7) is 4.87. The van der Waals surface area contributed by atoms with Crippen LogP contribution in [0.3, 0.4) is 0 Å². The van der Waals surface area contributed by atoms with Crippen molar-refractivity contribution in [2.75, 3.05) is 0 Å². The number of alkyl halides is 3. The molecule has 0 radical (unpaired) electrons. The number of benzene rings is 2. The highest BCUT2D eigenvalue weighted by Gasteiger charge is 2.34. The standard InChI is InChI=1S/C17H11F3O3.C3H6O/c1-9-2-3-10-7-13(16(22)23-15(10)6-9)12-5-4-11(21)8-14(12)17(18,19)20;1-3(2)4/h2-8,21H,1H3;1-2H3. The first-order valence-electron chi connectivity index (χ1n) is 7.91. The van der Waals surface area contributed by atoms with Crippen molar-refractivity contribution < 1.29 is 27.5 Å². The minimum atomic E-state index is -4.71. The molecule has 0 spiro atoms. The van der Waals surface area contributed by atoms with E-state index in [9.17, 15) is 27.9 Å². The van der Waals surface area contributed by atoms with Crippen molar-refractivity contribution in [3.8, 4) is 16.9 Å². The number of rotatable bonds is 1. The van der Waals surface area contributed by atoms with Gasteiger partial charge < -0.3 is 14.3 Å². The van der Waals surface area contributed by atoms with Gasteiger partial charge in [0.2, 0.25) is 0 Å². The van der Waals surface area contributed by atoms with Crippen LogP contribution in [0.4, 0.5) is 13.2 Å². The van der Waals surface area contributed by atoms with Crippen molar-refractivity contribution in [3.63, 3.8) is 0 Å². The summed E-state index contributed by atoms with van der Waals surface area (Å²) >= 11 is 0. The van der Waals surface area contributed by atoms with E-state index in [1.165, 1.54) is 19.9 Å². The molecule has 3 aromatic rings. The zero-order valence-electron chi connectivity index (χ0n) is 14.8. The van der Waals surface area contributed by atoms with E-state index in [0.29, 0.717) is 17.0 Å². The molecule has 0 bridgehead atoms. The van der Waals surface area contributed by atoms with Crippen LogP contribution in [0.1, 0.15) is 25.0 Å². The molecule has 1 heterocycles. The number of aryl methyl sites for hydroxylation is 1. The molecule has 0 saturated carbocycles. The minimum absolute atomic E-state index is 0.167. The number of ketones is 1. The highest BCUT2D eigenvalue weighted by molar-refractivity contribution is 5.83. The van der Waals surface area contributed by atoms with Crippen LogP contribution in [0.25, 0.3) is 22.1 Å². The Labute approximate surface area is 152 Å². The van der Waals surface area contributed by atoms with Gasteiger partial charge in [-0.2, -0.15) is 13.2 Å². The van der Waals surface area contributed by atoms with Crippen molar-refractivity contribution in [1.29, 1.82) is 0 Å². The predicted octanol–water partition coefficient (Wildman–Crippen LogP) is 5.09. The van der Waals surface area contributed by atoms with Crippen LogP contribution in [0.5, 0.6) is 5.75 Å². The molecule has 0 saturated heterocycles. The summed E-state index contributed by atoms with van der Waals surface area (Å²) in [6, 6.07) is 9.20. The molecule has 0 amide bonds. The molecule has 0 aliphatic rings. The Hall–Kier alpha value is -3.09. The largest absolute Gasteiger partial charge is 0.508 e. The van der Waals surface area contributed by atoms with Gasteiger partial charge >= 0.3 is 11.8 Å². The van der Waals surface area contributed by atoms with Gasteiger partial charge in [-0.3, -0.25) is 0 Å². The fourth-order valence-corrected chi connectivity index (χ4v) is 2.41. The number of hydrogen-bond acceptors (Lipinski definition) is 4. The molecular weight excluding hydrogens is 361 g/mol. The molecule has 1 aromatic heterocycles. The van der Waals surface area contributed by atoms with Crippen LogP contribution in [0, 0.1) is 6.92 Å². The van der Waals surface area contributed by atoms with Gasteiger partial charge in [-0.05, 0) is 56.7 Å².